The Balaban J connectivity index is 2.04. The number of hydrogen-bond acceptors (Lipinski definition) is 4. The third-order valence-corrected chi connectivity index (χ3v) is 3.69. The zero-order valence-electron chi connectivity index (χ0n) is 11.0. The van der Waals surface area contributed by atoms with Gasteiger partial charge in [-0.2, -0.15) is 0 Å². The van der Waals surface area contributed by atoms with Crippen LogP contribution in [0.15, 0.2) is 24.3 Å². The van der Waals surface area contributed by atoms with Crippen molar-refractivity contribution in [2.75, 3.05) is 18.0 Å². The first-order valence-corrected chi connectivity index (χ1v) is 6.66. The molecule has 2 rings (SSSR count). The molecule has 1 unspecified atom stereocenters. The molecule has 0 bridgehead atoms. The molecule has 104 valence electrons. The summed E-state index contributed by atoms with van der Waals surface area (Å²) in [4.78, 5) is 13.0. The summed E-state index contributed by atoms with van der Waals surface area (Å²) in [6.07, 6.45) is 2.67. The molecule has 0 aliphatic carbocycles. The number of carboxylic acid groups (broad SMARTS) is 1. The van der Waals surface area contributed by atoms with E-state index in [2.05, 4.69) is 4.90 Å². The number of benzene rings is 1. The topological polar surface area (TPSA) is 92.6 Å². The highest BCUT2D eigenvalue weighted by atomic mass is 16.4. The third kappa shape index (κ3) is 3.24. The van der Waals surface area contributed by atoms with Gasteiger partial charge in [0.05, 0.1) is 0 Å². The van der Waals surface area contributed by atoms with Gasteiger partial charge in [-0.05, 0) is 37.0 Å². The zero-order valence-corrected chi connectivity index (χ0v) is 11.0. The second-order valence-corrected chi connectivity index (χ2v) is 5.04. The number of carbonyl (C=O) groups is 1. The van der Waals surface area contributed by atoms with E-state index < -0.39 is 12.0 Å². The molecular formula is C14H21N3O2. The first kappa shape index (κ1) is 13.8. The summed E-state index contributed by atoms with van der Waals surface area (Å²) in [6.45, 7) is 1.71. The molecule has 0 aromatic heterocycles. The lowest BCUT2D eigenvalue weighted by molar-refractivity contribution is -0.138. The van der Waals surface area contributed by atoms with Crippen LogP contribution in [0.25, 0.3) is 0 Å². The Bertz CT molecular complexity index is 433. The van der Waals surface area contributed by atoms with Gasteiger partial charge in [-0.3, -0.25) is 4.79 Å². The molecule has 1 aromatic carbocycles. The van der Waals surface area contributed by atoms with Crippen molar-refractivity contribution < 1.29 is 9.90 Å². The van der Waals surface area contributed by atoms with Gasteiger partial charge in [0.2, 0.25) is 0 Å². The molecule has 0 amide bonds. The number of rotatable bonds is 5. The number of aliphatic carboxylic acids is 1. The largest absolute Gasteiger partial charge is 0.480 e. The molecular weight excluding hydrogens is 242 g/mol. The maximum absolute atomic E-state index is 10.7. The van der Waals surface area contributed by atoms with Gasteiger partial charge in [0.25, 0.3) is 0 Å². The lowest BCUT2D eigenvalue weighted by Crippen LogP contribution is -2.35. The fourth-order valence-electron chi connectivity index (χ4n) is 2.59. The molecule has 1 fully saturated rings. The van der Waals surface area contributed by atoms with Crippen LogP contribution in [0.4, 0.5) is 5.69 Å². The van der Waals surface area contributed by atoms with Crippen molar-refractivity contribution in [1.82, 2.24) is 0 Å². The van der Waals surface area contributed by atoms with Crippen LogP contribution < -0.4 is 16.4 Å². The average Bonchev–Trinajstić information content (AvgIpc) is 2.87. The second kappa shape index (κ2) is 6.04. The van der Waals surface area contributed by atoms with E-state index in [0.717, 1.165) is 24.2 Å². The fraction of sp³-hybridized carbons (Fsp3) is 0.500. The smallest absolute Gasteiger partial charge is 0.320 e. The summed E-state index contributed by atoms with van der Waals surface area (Å²) in [5.41, 5.74) is 13.4. The quantitative estimate of drug-likeness (QED) is 0.722. The van der Waals surface area contributed by atoms with E-state index in [-0.39, 0.29) is 0 Å². The van der Waals surface area contributed by atoms with E-state index in [1.54, 1.807) is 0 Å². The van der Waals surface area contributed by atoms with Gasteiger partial charge in [-0.15, -0.1) is 0 Å². The molecule has 0 spiro atoms. The van der Waals surface area contributed by atoms with E-state index in [4.69, 9.17) is 16.6 Å². The summed E-state index contributed by atoms with van der Waals surface area (Å²) in [5.74, 6) is -0.966. The van der Waals surface area contributed by atoms with Crippen LogP contribution in [0.5, 0.6) is 0 Å². The zero-order chi connectivity index (χ0) is 13.8. The van der Waals surface area contributed by atoms with Gasteiger partial charge < -0.3 is 21.5 Å². The monoisotopic (exact) mass is 263 g/mol. The SMILES string of the molecule is NC[C@@H]1CCCN1c1ccc(CC(N)C(=O)O)cc1. The van der Waals surface area contributed by atoms with Crippen molar-refractivity contribution in [3.8, 4) is 0 Å². The maximum atomic E-state index is 10.7. The van der Waals surface area contributed by atoms with Crippen molar-refractivity contribution in [1.29, 1.82) is 0 Å². The molecule has 5 heteroatoms. The Morgan fingerprint density at radius 2 is 2.11 bits per heavy atom. The van der Waals surface area contributed by atoms with Gasteiger partial charge in [0.1, 0.15) is 6.04 Å². The summed E-state index contributed by atoms with van der Waals surface area (Å²) >= 11 is 0. The Morgan fingerprint density at radius 3 is 2.68 bits per heavy atom. The van der Waals surface area contributed by atoms with Crippen LogP contribution in [0.1, 0.15) is 18.4 Å². The van der Waals surface area contributed by atoms with E-state index in [1.807, 2.05) is 24.3 Å². The summed E-state index contributed by atoms with van der Waals surface area (Å²) in [6, 6.07) is 7.53. The Morgan fingerprint density at radius 1 is 1.42 bits per heavy atom. The highest BCUT2D eigenvalue weighted by Crippen LogP contribution is 2.25. The summed E-state index contributed by atoms with van der Waals surface area (Å²) in [5, 5.41) is 8.79. The summed E-state index contributed by atoms with van der Waals surface area (Å²) < 4.78 is 0. The number of anilines is 1. The summed E-state index contributed by atoms with van der Waals surface area (Å²) in [7, 11) is 0. The van der Waals surface area contributed by atoms with E-state index in [0.29, 0.717) is 19.0 Å². The molecule has 1 aromatic rings. The van der Waals surface area contributed by atoms with Gasteiger partial charge in [-0.1, -0.05) is 12.1 Å². The van der Waals surface area contributed by atoms with Crippen LogP contribution in [0.3, 0.4) is 0 Å². The minimum absolute atomic E-state index is 0.357. The number of nitrogens with zero attached hydrogens (tertiary/aromatic N) is 1. The molecule has 1 heterocycles. The molecule has 0 saturated carbocycles. The minimum atomic E-state index is -0.966. The fourth-order valence-corrected chi connectivity index (χ4v) is 2.59. The highest BCUT2D eigenvalue weighted by molar-refractivity contribution is 5.73. The normalized spacial score (nSPS) is 20.5. The van der Waals surface area contributed by atoms with Crippen molar-refractivity contribution in [2.45, 2.75) is 31.3 Å². The Kier molecular flexibility index (Phi) is 4.39. The van der Waals surface area contributed by atoms with Crippen LogP contribution in [0, 0.1) is 0 Å². The highest BCUT2D eigenvalue weighted by Gasteiger charge is 2.23. The van der Waals surface area contributed by atoms with Crippen LogP contribution in [-0.4, -0.2) is 36.2 Å². The van der Waals surface area contributed by atoms with E-state index in [1.165, 1.54) is 6.42 Å². The Labute approximate surface area is 113 Å². The minimum Gasteiger partial charge on any atom is -0.480 e. The number of nitrogens with two attached hydrogens (primary N) is 2. The molecule has 1 saturated heterocycles. The van der Waals surface area contributed by atoms with Gasteiger partial charge >= 0.3 is 5.97 Å². The predicted octanol–water partition coefficient (Wildman–Crippen LogP) is 0.568. The molecule has 1 aliphatic heterocycles. The van der Waals surface area contributed by atoms with E-state index >= 15 is 0 Å². The van der Waals surface area contributed by atoms with Crippen LogP contribution in [0.2, 0.25) is 0 Å². The number of carboxylic acids is 1. The van der Waals surface area contributed by atoms with Gasteiger partial charge in [-0.25, -0.2) is 0 Å². The average molecular weight is 263 g/mol. The third-order valence-electron chi connectivity index (χ3n) is 3.69. The standard InChI is InChI=1S/C14H21N3O2/c15-9-12-2-1-7-17(12)11-5-3-10(4-6-11)8-13(16)14(18)19/h3-6,12-13H,1-2,7-9,15-16H2,(H,18,19)/t12-,13?/m0/s1. The van der Waals surface area contributed by atoms with Crippen LogP contribution in [-0.2, 0) is 11.2 Å². The van der Waals surface area contributed by atoms with Gasteiger partial charge in [0, 0.05) is 24.8 Å². The van der Waals surface area contributed by atoms with Crippen molar-refractivity contribution >= 4 is 11.7 Å². The second-order valence-electron chi connectivity index (χ2n) is 5.04. The molecule has 5 N–H and O–H groups in total. The lowest BCUT2D eigenvalue weighted by atomic mass is 10.1. The predicted molar refractivity (Wildman–Crippen MR) is 75.2 cm³/mol. The maximum Gasteiger partial charge on any atom is 0.320 e. The molecule has 0 radical (unpaired) electrons. The van der Waals surface area contributed by atoms with Crippen molar-refractivity contribution in [3.05, 3.63) is 29.8 Å². The lowest BCUT2D eigenvalue weighted by Gasteiger charge is -2.25. The molecule has 5 nitrogen and oxygen atoms in total. The van der Waals surface area contributed by atoms with E-state index in [9.17, 15) is 4.79 Å². The van der Waals surface area contributed by atoms with Gasteiger partial charge in [0.15, 0.2) is 0 Å². The first-order chi connectivity index (χ1) is 9.11. The van der Waals surface area contributed by atoms with Crippen molar-refractivity contribution in [3.63, 3.8) is 0 Å². The molecule has 1 aliphatic rings. The van der Waals surface area contributed by atoms with Crippen LogP contribution >= 0.6 is 0 Å². The Hall–Kier alpha value is -1.59. The van der Waals surface area contributed by atoms with Crippen molar-refractivity contribution in [2.24, 2.45) is 11.5 Å². The molecule has 2 atom stereocenters. The number of hydrogen-bond donors (Lipinski definition) is 3. The first-order valence-electron chi connectivity index (χ1n) is 6.66. The molecule has 19 heavy (non-hydrogen) atoms.